The lowest BCUT2D eigenvalue weighted by Gasteiger charge is -2.31. The van der Waals surface area contributed by atoms with Gasteiger partial charge in [-0.05, 0) is 73.8 Å². The Labute approximate surface area is 244 Å². The summed E-state index contributed by atoms with van der Waals surface area (Å²) in [6.07, 6.45) is 7.81. The Hall–Kier alpha value is -3.42. The lowest BCUT2D eigenvalue weighted by Crippen LogP contribution is -2.43. The fourth-order valence-electron chi connectivity index (χ4n) is 6.51. The highest BCUT2D eigenvalue weighted by Gasteiger charge is 2.52. The standard InChI is InChI=1S/C30H31ClN6O3S/c31-22-3-6-27(33-16-22)37-17-26(19-1-4-23(5-2-19)36-9-11-41(39,40)12-10-36)28(35-37)24-14-20-13-21(20)15-25(24)29(38)34-30(18-32)7-8-30/h1-6,16-17,20-21,24-25H,7-15H2,(H,34,38). The zero-order valence-electron chi connectivity index (χ0n) is 22.5. The fourth-order valence-corrected chi connectivity index (χ4v) is 7.82. The van der Waals surface area contributed by atoms with Crippen molar-refractivity contribution in [1.82, 2.24) is 20.1 Å². The minimum atomic E-state index is -2.96. The number of nitrogens with zero attached hydrogens (tertiary/aromatic N) is 5. The van der Waals surface area contributed by atoms with Crippen LogP contribution in [0.2, 0.25) is 5.02 Å². The molecule has 1 aliphatic heterocycles. The van der Waals surface area contributed by atoms with Crippen LogP contribution in [-0.4, -0.2) is 59.2 Å². The number of rotatable bonds is 6. The zero-order valence-corrected chi connectivity index (χ0v) is 24.1. The Morgan fingerprint density at radius 1 is 1.05 bits per heavy atom. The van der Waals surface area contributed by atoms with Crippen LogP contribution in [0, 0.1) is 29.1 Å². The quantitative estimate of drug-likeness (QED) is 0.458. The maximum atomic E-state index is 13.6. The Morgan fingerprint density at radius 2 is 1.78 bits per heavy atom. The minimum Gasteiger partial charge on any atom is -0.369 e. The Bertz CT molecular complexity index is 1630. The molecule has 0 radical (unpaired) electrons. The normalized spacial score (nSPS) is 27.4. The highest BCUT2D eigenvalue weighted by molar-refractivity contribution is 7.91. The second kappa shape index (κ2) is 9.85. The zero-order chi connectivity index (χ0) is 28.4. The second-order valence-electron chi connectivity index (χ2n) is 12.0. The highest BCUT2D eigenvalue weighted by atomic mass is 35.5. The number of benzene rings is 1. The van der Waals surface area contributed by atoms with Crippen LogP contribution in [-0.2, 0) is 14.6 Å². The smallest absolute Gasteiger partial charge is 0.225 e. The first-order valence-electron chi connectivity index (χ1n) is 14.2. The Morgan fingerprint density at radius 3 is 2.44 bits per heavy atom. The monoisotopic (exact) mass is 590 g/mol. The van der Waals surface area contributed by atoms with Crippen LogP contribution >= 0.6 is 11.6 Å². The first-order chi connectivity index (χ1) is 19.7. The van der Waals surface area contributed by atoms with Crippen LogP contribution in [0.5, 0.6) is 0 Å². The van der Waals surface area contributed by atoms with Gasteiger partial charge in [0, 0.05) is 48.6 Å². The van der Waals surface area contributed by atoms with Crippen molar-refractivity contribution >= 4 is 33.0 Å². The molecule has 3 saturated carbocycles. The number of halogens is 1. The molecule has 3 aliphatic carbocycles. The average Bonchev–Trinajstić information content (AvgIpc) is 3.88. The van der Waals surface area contributed by atoms with E-state index in [1.54, 1.807) is 16.9 Å². The van der Waals surface area contributed by atoms with E-state index in [1.807, 2.05) is 36.5 Å². The van der Waals surface area contributed by atoms with Crippen molar-refractivity contribution in [2.45, 2.75) is 43.6 Å². The maximum Gasteiger partial charge on any atom is 0.225 e. The van der Waals surface area contributed by atoms with Crippen molar-refractivity contribution in [3.8, 4) is 23.0 Å². The van der Waals surface area contributed by atoms with Gasteiger partial charge in [-0.15, -0.1) is 0 Å². The second-order valence-corrected chi connectivity index (χ2v) is 14.8. The molecule has 4 atom stereocenters. The van der Waals surface area contributed by atoms with E-state index in [4.69, 9.17) is 16.7 Å². The summed E-state index contributed by atoms with van der Waals surface area (Å²) >= 11 is 6.10. The largest absolute Gasteiger partial charge is 0.369 e. The molecule has 3 aromatic rings. The number of nitriles is 1. The molecule has 0 bridgehead atoms. The molecule has 2 aromatic heterocycles. The predicted octanol–water partition coefficient (Wildman–Crippen LogP) is 4.12. The first-order valence-corrected chi connectivity index (χ1v) is 16.4. The predicted molar refractivity (Wildman–Crippen MR) is 155 cm³/mol. The number of carbonyl (C=O) groups is 1. The number of nitrogens with one attached hydrogen (secondary N) is 1. The Kier molecular flexibility index (Phi) is 6.36. The summed E-state index contributed by atoms with van der Waals surface area (Å²) in [6, 6.07) is 14.0. The molecule has 0 spiro atoms. The number of anilines is 1. The van der Waals surface area contributed by atoms with Crippen molar-refractivity contribution in [3.63, 3.8) is 0 Å². The Balaban J connectivity index is 1.24. The van der Waals surface area contributed by atoms with Crippen LogP contribution in [0.3, 0.4) is 0 Å². The number of aromatic nitrogens is 3. The summed E-state index contributed by atoms with van der Waals surface area (Å²) in [6.45, 7) is 0.970. The molecule has 11 heteroatoms. The molecule has 212 valence electrons. The molecule has 1 aromatic carbocycles. The van der Waals surface area contributed by atoms with Crippen molar-refractivity contribution < 1.29 is 13.2 Å². The van der Waals surface area contributed by atoms with E-state index in [1.165, 1.54) is 0 Å². The molecule has 41 heavy (non-hydrogen) atoms. The van der Waals surface area contributed by atoms with Gasteiger partial charge in [0.2, 0.25) is 5.91 Å². The van der Waals surface area contributed by atoms with Crippen LogP contribution in [0.15, 0.2) is 48.8 Å². The lowest BCUT2D eigenvalue weighted by molar-refractivity contribution is -0.127. The van der Waals surface area contributed by atoms with E-state index in [-0.39, 0.29) is 29.2 Å². The number of hydrogen-bond acceptors (Lipinski definition) is 7. The molecule has 4 aliphatic rings. The van der Waals surface area contributed by atoms with E-state index in [0.29, 0.717) is 48.6 Å². The minimum absolute atomic E-state index is 0.0417. The molecular weight excluding hydrogens is 560 g/mol. The van der Waals surface area contributed by atoms with E-state index in [9.17, 15) is 18.5 Å². The van der Waals surface area contributed by atoms with Crippen molar-refractivity contribution in [2.75, 3.05) is 29.5 Å². The van der Waals surface area contributed by atoms with Gasteiger partial charge in [0.25, 0.3) is 0 Å². The summed E-state index contributed by atoms with van der Waals surface area (Å²) in [5.74, 6) is 1.76. The van der Waals surface area contributed by atoms with E-state index in [0.717, 1.165) is 41.8 Å². The number of hydrogen-bond donors (Lipinski definition) is 1. The van der Waals surface area contributed by atoms with Crippen LogP contribution in [0.4, 0.5) is 5.69 Å². The van der Waals surface area contributed by atoms with Crippen molar-refractivity contribution in [2.24, 2.45) is 17.8 Å². The van der Waals surface area contributed by atoms with Gasteiger partial charge in [-0.3, -0.25) is 4.79 Å². The fraction of sp³-hybridized carbons (Fsp3) is 0.467. The molecule has 9 nitrogen and oxygen atoms in total. The average molecular weight is 591 g/mol. The van der Waals surface area contributed by atoms with E-state index >= 15 is 0 Å². The number of fused-ring (bicyclic) bond motifs is 1. The van der Waals surface area contributed by atoms with Gasteiger partial charge in [-0.25, -0.2) is 18.1 Å². The molecule has 1 saturated heterocycles. The summed E-state index contributed by atoms with van der Waals surface area (Å²) in [5.41, 5.74) is 3.06. The summed E-state index contributed by atoms with van der Waals surface area (Å²) in [5, 5.41) is 18.3. The maximum absolute atomic E-state index is 13.6. The summed E-state index contributed by atoms with van der Waals surface area (Å²) in [7, 11) is -2.96. The van der Waals surface area contributed by atoms with Crippen LogP contribution in [0.25, 0.3) is 16.9 Å². The van der Waals surface area contributed by atoms with Gasteiger partial charge < -0.3 is 10.2 Å². The summed E-state index contributed by atoms with van der Waals surface area (Å²) in [4.78, 5) is 20.2. The van der Waals surface area contributed by atoms with Crippen molar-refractivity contribution in [3.05, 3.63) is 59.5 Å². The van der Waals surface area contributed by atoms with Gasteiger partial charge in [-0.2, -0.15) is 10.4 Å². The molecule has 1 N–H and O–H groups in total. The number of pyridine rings is 1. The third kappa shape index (κ3) is 5.22. The number of carbonyl (C=O) groups excluding carboxylic acids is 1. The molecule has 4 unspecified atom stereocenters. The molecular formula is C30H31ClN6O3S. The van der Waals surface area contributed by atoms with Gasteiger partial charge in [0.05, 0.1) is 28.3 Å². The SMILES string of the molecule is N#CC1(NC(=O)C2CC3CC3CC2c2nn(-c3ccc(Cl)cn3)cc2-c2ccc(N3CCS(=O)(=O)CC3)cc2)CC1. The van der Waals surface area contributed by atoms with Crippen LogP contribution < -0.4 is 10.2 Å². The van der Waals surface area contributed by atoms with Gasteiger partial charge >= 0.3 is 0 Å². The summed E-state index contributed by atoms with van der Waals surface area (Å²) < 4.78 is 25.6. The van der Waals surface area contributed by atoms with Gasteiger partial charge in [0.15, 0.2) is 15.7 Å². The first kappa shape index (κ1) is 26.5. The van der Waals surface area contributed by atoms with Crippen molar-refractivity contribution in [1.29, 1.82) is 5.26 Å². The third-order valence-electron chi connectivity index (χ3n) is 9.26. The lowest BCUT2D eigenvalue weighted by atomic mass is 9.75. The molecule has 7 rings (SSSR count). The highest BCUT2D eigenvalue weighted by Crippen LogP contribution is 2.57. The molecule has 3 heterocycles. The van der Waals surface area contributed by atoms with Crippen LogP contribution in [0.1, 0.15) is 43.7 Å². The van der Waals surface area contributed by atoms with Gasteiger partial charge in [0.1, 0.15) is 5.54 Å². The van der Waals surface area contributed by atoms with E-state index in [2.05, 4.69) is 21.3 Å². The van der Waals surface area contributed by atoms with Gasteiger partial charge in [-0.1, -0.05) is 23.7 Å². The number of amides is 1. The molecule has 1 amide bonds. The number of sulfone groups is 1. The molecule has 4 fully saturated rings. The van der Waals surface area contributed by atoms with E-state index < -0.39 is 15.4 Å². The third-order valence-corrected chi connectivity index (χ3v) is 11.1. The topological polar surface area (TPSA) is 121 Å².